The van der Waals surface area contributed by atoms with Crippen LogP contribution in [0.15, 0.2) is 12.3 Å². The first-order valence-corrected chi connectivity index (χ1v) is 6.59. The van der Waals surface area contributed by atoms with Crippen LogP contribution in [-0.2, 0) is 11.3 Å². The molecule has 0 saturated carbocycles. The van der Waals surface area contributed by atoms with Gasteiger partial charge in [-0.2, -0.15) is 0 Å². The molecular weight excluding hydrogens is 268 g/mol. The summed E-state index contributed by atoms with van der Waals surface area (Å²) < 4.78 is 1.77. The number of aromatic nitrogens is 1. The molecule has 0 aliphatic carbocycles. The second-order valence-corrected chi connectivity index (χ2v) is 4.89. The molecule has 1 aliphatic heterocycles. The zero-order valence-corrected chi connectivity index (χ0v) is 11.5. The van der Waals surface area contributed by atoms with Crippen LogP contribution in [0.3, 0.4) is 0 Å². The van der Waals surface area contributed by atoms with Crippen molar-refractivity contribution in [1.82, 2.24) is 14.8 Å². The number of nitrogens with one attached hydrogen (secondary N) is 1. The van der Waals surface area contributed by atoms with Gasteiger partial charge >= 0.3 is 0 Å². The largest absolute Gasteiger partial charge is 0.368 e. The molecule has 104 valence electrons. The van der Waals surface area contributed by atoms with Crippen LogP contribution in [0.1, 0.15) is 17.4 Å². The van der Waals surface area contributed by atoms with Crippen molar-refractivity contribution >= 4 is 23.4 Å². The van der Waals surface area contributed by atoms with Gasteiger partial charge in [-0.05, 0) is 13.0 Å². The number of rotatable bonds is 3. The van der Waals surface area contributed by atoms with Crippen molar-refractivity contribution in [2.75, 3.05) is 19.6 Å². The van der Waals surface area contributed by atoms with Gasteiger partial charge in [0.2, 0.25) is 5.91 Å². The molecule has 2 rings (SSSR count). The molecule has 1 aromatic rings. The number of hydrogen-bond donors (Lipinski definition) is 2. The van der Waals surface area contributed by atoms with Crippen molar-refractivity contribution in [3.63, 3.8) is 0 Å². The number of amides is 2. The fourth-order valence-corrected chi connectivity index (χ4v) is 2.49. The number of primary amides is 1. The highest BCUT2D eigenvalue weighted by atomic mass is 35.5. The van der Waals surface area contributed by atoms with Gasteiger partial charge in [-0.3, -0.25) is 9.59 Å². The van der Waals surface area contributed by atoms with E-state index in [1.165, 1.54) is 4.90 Å². The quantitative estimate of drug-likeness (QED) is 0.824. The first-order chi connectivity index (χ1) is 9.04. The van der Waals surface area contributed by atoms with E-state index >= 15 is 0 Å². The maximum absolute atomic E-state index is 12.5. The molecule has 0 spiro atoms. The summed E-state index contributed by atoms with van der Waals surface area (Å²) in [5.41, 5.74) is 5.83. The Hall–Kier alpha value is -1.53. The highest BCUT2D eigenvalue weighted by Gasteiger charge is 2.32. The Kier molecular flexibility index (Phi) is 4.11. The maximum Gasteiger partial charge on any atom is 0.271 e. The summed E-state index contributed by atoms with van der Waals surface area (Å²) >= 11 is 5.93. The molecule has 0 radical (unpaired) electrons. The van der Waals surface area contributed by atoms with Crippen molar-refractivity contribution in [3.05, 3.63) is 23.0 Å². The van der Waals surface area contributed by atoms with E-state index < -0.39 is 11.9 Å². The molecule has 3 N–H and O–H groups in total. The average molecular weight is 285 g/mol. The zero-order valence-electron chi connectivity index (χ0n) is 10.7. The van der Waals surface area contributed by atoms with Crippen LogP contribution in [-0.4, -0.2) is 47.0 Å². The lowest BCUT2D eigenvalue weighted by molar-refractivity contribution is -0.122. The number of nitrogens with two attached hydrogens (primary N) is 1. The molecule has 0 aromatic carbocycles. The number of carbonyl (C=O) groups is 2. The molecule has 2 amide bonds. The van der Waals surface area contributed by atoms with E-state index in [-0.39, 0.29) is 5.91 Å². The molecule has 1 aromatic heterocycles. The molecule has 7 heteroatoms. The van der Waals surface area contributed by atoms with E-state index in [0.29, 0.717) is 36.9 Å². The molecule has 1 saturated heterocycles. The van der Waals surface area contributed by atoms with E-state index in [1.54, 1.807) is 16.8 Å². The number of aryl methyl sites for hydroxylation is 1. The van der Waals surface area contributed by atoms with Crippen LogP contribution in [0.5, 0.6) is 0 Å². The summed E-state index contributed by atoms with van der Waals surface area (Å²) in [6.45, 7) is 4.06. The van der Waals surface area contributed by atoms with Crippen LogP contribution in [0, 0.1) is 0 Å². The lowest BCUT2D eigenvalue weighted by atomic mass is 10.1. The molecular formula is C12H17ClN4O2. The van der Waals surface area contributed by atoms with Crippen molar-refractivity contribution < 1.29 is 9.59 Å². The summed E-state index contributed by atoms with van der Waals surface area (Å²) in [7, 11) is 0. The first kappa shape index (κ1) is 13.9. The molecule has 1 unspecified atom stereocenters. The van der Waals surface area contributed by atoms with Crippen LogP contribution < -0.4 is 11.1 Å². The molecule has 0 bridgehead atoms. The SMILES string of the molecule is CCn1cc(Cl)cc1C(=O)N1CCNCC1C(N)=O. The van der Waals surface area contributed by atoms with Gasteiger partial charge < -0.3 is 20.5 Å². The standard InChI is InChI=1S/C12H17ClN4O2/c1-2-16-7-8(13)5-9(16)12(19)17-4-3-15-6-10(17)11(14)18/h5,7,10,15H,2-4,6H2,1H3,(H2,14,18). The highest BCUT2D eigenvalue weighted by molar-refractivity contribution is 6.31. The number of piperazine rings is 1. The molecule has 1 aliphatic rings. The summed E-state index contributed by atoms with van der Waals surface area (Å²) in [6, 6.07) is 1.01. The number of halogens is 1. The third-order valence-corrected chi connectivity index (χ3v) is 3.46. The monoisotopic (exact) mass is 284 g/mol. The first-order valence-electron chi connectivity index (χ1n) is 6.21. The Balaban J connectivity index is 2.28. The van der Waals surface area contributed by atoms with Gasteiger partial charge in [0.25, 0.3) is 5.91 Å². The topological polar surface area (TPSA) is 80.4 Å². The minimum atomic E-state index is -0.611. The minimum absolute atomic E-state index is 0.209. The summed E-state index contributed by atoms with van der Waals surface area (Å²) in [4.78, 5) is 25.4. The van der Waals surface area contributed by atoms with Gasteiger partial charge in [-0.1, -0.05) is 11.6 Å². The van der Waals surface area contributed by atoms with Crippen molar-refractivity contribution in [3.8, 4) is 0 Å². The zero-order chi connectivity index (χ0) is 14.0. The Labute approximate surface area is 116 Å². The fourth-order valence-electron chi connectivity index (χ4n) is 2.26. The normalized spacial score (nSPS) is 19.5. The molecule has 1 atom stereocenters. The molecule has 6 nitrogen and oxygen atoms in total. The smallest absolute Gasteiger partial charge is 0.271 e. The predicted molar refractivity (Wildman–Crippen MR) is 72.0 cm³/mol. The second kappa shape index (κ2) is 5.63. The lowest BCUT2D eigenvalue weighted by Crippen LogP contribution is -2.58. The lowest BCUT2D eigenvalue weighted by Gasteiger charge is -2.34. The van der Waals surface area contributed by atoms with Crippen LogP contribution in [0.4, 0.5) is 0 Å². The van der Waals surface area contributed by atoms with Gasteiger partial charge in [0.15, 0.2) is 0 Å². The minimum Gasteiger partial charge on any atom is -0.368 e. The van der Waals surface area contributed by atoms with E-state index in [4.69, 9.17) is 17.3 Å². The summed E-state index contributed by atoms with van der Waals surface area (Å²) in [6.07, 6.45) is 1.70. The number of nitrogens with zero attached hydrogens (tertiary/aromatic N) is 2. The molecule has 2 heterocycles. The Bertz CT molecular complexity index is 500. The Morgan fingerprint density at radius 1 is 1.58 bits per heavy atom. The van der Waals surface area contributed by atoms with Crippen LogP contribution in [0.25, 0.3) is 0 Å². The van der Waals surface area contributed by atoms with Gasteiger partial charge in [0.05, 0.1) is 5.02 Å². The van der Waals surface area contributed by atoms with Crippen molar-refractivity contribution in [2.24, 2.45) is 5.73 Å². The number of hydrogen-bond acceptors (Lipinski definition) is 3. The average Bonchev–Trinajstić information content (AvgIpc) is 2.79. The van der Waals surface area contributed by atoms with Gasteiger partial charge in [-0.25, -0.2) is 0 Å². The van der Waals surface area contributed by atoms with Gasteiger partial charge in [-0.15, -0.1) is 0 Å². The third-order valence-electron chi connectivity index (χ3n) is 3.26. The Morgan fingerprint density at radius 2 is 2.32 bits per heavy atom. The van der Waals surface area contributed by atoms with Crippen LogP contribution >= 0.6 is 11.6 Å². The van der Waals surface area contributed by atoms with Gasteiger partial charge in [0.1, 0.15) is 11.7 Å². The summed E-state index contributed by atoms with van der Waals surface area (Å²) in [5.74, 6) is -0.708. The van der Waals surface area contributed by atoms with E-state index in [0.717, 1.165) is 0 Å². The van der Waals surface area contributed by atoms with Gasteiger partial charge in [0, 0.05) is 32.4 Å². The maximum atomic E-state index is 12.5. The van der Waals surface area contributed by atoms with Crippen LogP contribution in [0.2, 0.25) is 5.02 Å². The molecule has 1 fully saturated rings. The highest BCUT2D eigenvalue weighted by Crippen LogP contribution is 2.17. The van der Waals surface area contributed by atoms with E-state index in [1.807, 2.05) is 6.92 Å². The van der Waals surface area contributed by atoms with Crippen molar-refractivity contribution in [2.45, 2.75) is 19.5 Å². The Morgan fingerprint density at radius 3 is 2.95 bits per heavy atom. The molecule has 19 heavy (non-hydrogen) atoms. The third kappa shape index (κ3) is 2.74. The fraction of sp³-hybridized carbons (Fsp3) is 0.500. The van der Waals surface area contributed by atoms with E-state index in [9.17, 15) is 9.59 Å². The predicted octanol–water partition coefficient (Wildman–Crippen LogP) is 0.0607. The summed E-state index contributed by atoms with van der Waals surface area (Å²) in [5, 5.41) is 3.57. The van der Waals surface area contributed by atoms with Crippen molar-refractivity contribution in [1.29, 1.82) is 0 Å². The number of carbonyl (C=O) groups excluding carboxylic acids is 2. The van der Waals surface area contributed by atoms with E-state index in [2.05, 4.69) is 5.32 Å². The second-order valence-electron chi connectivity index (χ2n) is 4.45.